The Morgan fingerprint density at radius 3 is 2.39 bits per heavy atom. The van der Waals surface area contributed by atoms with Crippen molar-refractivity contribution in [2.45, 2.75) is 25.9 Å². The second-order valence-electron chi connectivity index (χ2n) is 4.41. The summed E-state index contributed by atoms with van der Waals surface area (Å²) in [6.07, 6.45) is 0. The molecular weight excluding hydrogens is 238 g/mol. The van der Waals surface area contributed by atoms with Gasteiger partial charge in [-0.1, -0.05) is 13.8 Å². The number of hydrogen-bond acceptors (Lipinski definition) is 3. The molecule has 0 aliphatic carbocycles. The summed E-state index contributed by atoms with van der Waals surface area (Å²) >= 11 is 0. The summed E-state index contributed by atoms with van der Waals surface area (Å²) in [6, 6.07) is 2.25. The van der Waals surface area contributed by atoms with E-state index in [1.807, 2.05) is 13.8 Å². The molecule has 0 saturated carbocycles. The number of hydrogen-bond donors (Lipinski definition) is 2. The summed E-state index contributed by atoms with van der Waals surface area (Å²) in [5, 5.41) is 6.16. The Balaban J connectivity index is 2.95. The lowest BCUT2D eigenvalue weighted by Crippen LogP contribution is -2.34. The summed E-state index contributed by atoms with van der Waals surface area (Å²) in [6.45, 7) is 4.52. The zero-order chi connectivity index (χ0) is 13.7. The highest BCUT2D eigenvalue weighted by atomic mass is 19.1. The largest absolute Gasteiger partial charge is 0.494 e. The van der Waals surface area contributed by atoms with Gasteiger partial charge in [0, 0.05) is 30.3 Å². The van der Waals surface area contributed by atoms with Crippen LogP contribution in [0.3, 0.4) is 0 Å². The summed E-state index contributed by atoms with van der Waals surface area (Å²) in [4.78, 5) is 0. The lowest BCUT2D eigenvalue weighted by atomic mass is 10.1. The third kappa shape index (κ3) is 3.65. The van der Waals surface area contributed by atoms with Gasteiger partial charge in [0.15, 0.2) is 11.6 Å². The maximum Gasteiger partial charge on any atom is 0.165 e. The second-order valence-corrected chi connectivity index (χ2v) is 4.41. The molecule has 0 radical (unpaired) electrons. The van der Waals surface area contributed by atoms with E-state index in [2.05, 4.69) is 10.6 Å². The van der Waals surface area contributed by atoms with Crippen LogP contribution in [0, 0.1) is 11.6 Å². The normalized spacial score (nSPS) is 12.8. The maximum absolute atomic E-state index is 13.9. The van der Waals surface area contributed by atoms with Crippen molar-refractivity contribution in [1.82, 2.24) is 10.6 Å². The number of ether oxygens (including phenoxy) is 1. The third-order valence-corrected chi connectivity index (χ3v) is 2.73. The highest BCUT2D eigenvalue weighted by Gasteiger charge is 2.17. The van der Waals surface area contributed by atoms with E-state index in [1.165, 1.54) is 13.2 Å². The quantitative estimate of drug-likeness (QED) is 0.821. The topological polar surface area (TPSA) is 33.3 Å². The fourth-order valence-corrected chi connectivity index (χ4v) is 1.69. The first-order valence-corrected chi connectivity index (χ1v) is 5.93. The minimum absolute atomic E-state index is 0.0806. The number of halogens is 2. The van der Waals surface area contributed by atoms with Crippen LogP contribution >= 0.6 is 0 Å². The molecule has 1 atom stereocenters. The highest BCUT2D eigenvalue weighted by molar-refractivity contribution is 5.32. The molecule has 1 aromatic rings. The van der Waals surface area contributed by atoms with Crippen LogP contribution in [-0.2, 0) is 0 Å². The smallest absolute Gasteiger partial charge is 0.165 e. The first-order chi connectivity index (χ1) is 8.49. The molecule has 0 amide bonds. The van der Waals surface area contributed by atoms with Crippen molar-refractivity contribution in [3.63, 3.8) is 0 Å². The van der Waals surface area contributed by atoms with Gasteiger partial charge >= 0.3 is 0 Å². The zero-order valence-electron chi connectivity index (χ0n) is 11.2. The molecule has 1 unspecified atom stereocenters. The molecule has 0 aliphatic heterocycles. The van der Waals surface area contributed by atoms with E-state index in [0.29, 0.717) is 12.1 Å². The van der Waals surface area contributed by atoms with Crippen molar-refractivity contribution >= 4 is 0 Å². The SMILES string of the molecule is CNC(CNC(C)C)c1cc(F)c(OC)cc1F. The van der Waals surface area contributed by atoms with E-state index in [1.54, 1.807) is 7.05 Å². The molecule has 102 valence electrons. The molecule has 0 fully saturated rings. The lowest BCUT2D eigenvalue weighted by molar-refractivity contribution is 0.379. The van der Waals surface area contributed by atoms with Crippen molar-refractivity contribution in [2.24, 2.45) is 0 Å². The first kappa shape index (κ1) is 14.9. The van der Waals surface area contributed by atoms with Crippen molar-refractivity contribution in [2.75, 3.05) is 20.7 Å². The van der Waals surface area contributed by atoms with Crippen molar-refractivity contribution < 1.29 is 13.5 Å². The average molecular weight is 258 g/mol. The molecule has 0 saturated heterocycles. The standard InChI is InChI=1S/C13H20F2N2O/c1-8(2)17-7-12(16-3)9-5-11(15)13(18-4)6-10(9)14/h5-6,8,12,16-17H,7H2,1-4H3. The fraction of sp³-hybridized carbons (Fsp3) is 0.538. The van der Waals surface area contributed by atoms with Crippen LogP contribution in [0.5, 0.6) is 5.75 Å². The van der Waals surface area contributed by atoms with Gasteiger partial charge in [0.1, 0.15) is 5.82 Å². The van der Waals surface area contributed by atoms with Crippen LogP contribution in [0.25, 0.3) is 0 Å². The summed E-state index contributed by atoms with van der Waals surface area (Å²) in [5.41, 5.74) is 0.295. The minimum Gasteiger partial charge on any atom is -0.494 e. The van der Waals surface area contributed by atoms with Crippen LogP contribution in [-0.4, -0.2) is 26.7 Å². The molecular formula is C13H20F2N2O. The zero-order valence-corrected chi connectivity index (χ0v) is 11.2. The number of benzene rings is 1. The average Bonchev–Trinajstić information content (AvgIpc) is 2.33. The molecule has 5 heteroatoms. The number of likely N-dealkylation sites (N-methyl/N-ethyl adjacent to an activating group) is 1. The van der Waals surface area contributed by atoms with Crippen LogP contribution in [0.4, 0.5) is 8.78 Å². The Morgan fingerprint density at radius 1 is 1.22 bits per heavy atom. The third-order valence-electron chi connectivity index (χ3n) is 2.73. The van der Waals surface area contributed by atoms with Gasteiger partial charge in [-0.2, -0.15) is 0 Å². The van der Waals surface area contributed by atoms with Crippen molar-refractivity contribution in [3.8, 4) is 5.75 Å². The van der Waals surface area contributed by atoms with Gasteiger partial charge in [0.25, 0.3) is 0 Å². The monoisotopic (exact) mass is 258 g/mol. The number of nitrogens with one attached hydrogen (secondary N) is 2. The number of methoxy groups -OCH3 is 1. The maximum atomic E-state index is 13.9. The minimum atomic E-state index is -0.557. The van der Waals surface area contributed by atoms with E-state index < -0.39 is 11.6 Å². The molecule has 1 aromatic carbocycles. The Morgan fingerprint density at radius 2 is 1.89 bits per heavy atom. The van der Waals surface area contributed by atoms with Gasteiger partial charge < -0.3 is 15.4 Å². The molecule has 18 heavy (non-hydrogen) atoms. The molecule has 0 aromatic heterocycles. The molecule has 2 N–H and O–H groups in total. The first-order valence-electron chi connectivity index (χ1n) is 5.93. The predicted molar refractivity (Wildman–Crippen MR) is 67.8 cm³/mol. The molecule has 3 nitrogen and oxygen atoms in total. The Bertz CT molecular complexity index is 397. The highest BCUT2D eigenvalue weighted by Crippen LogP contribution is 2.25. The van der Waals surface area contributed by atoms with Gasteiger partial charge in [-0.05, 0) is 13.1 Å². The fourth-order valence-electron chi connectivity index (χ4n) is 1.69. The van der Waals surface area contributed by atoms with Crippen LogP contribution in [0.1, 0.15) is 25.5 Å². The van der Waals surface area contributed by atoms with E-state index in [0.717, 1.165) is 6.07 Å². The second kappa shape index (κ2) is 6.66. The van der Waals surface area contributed by atoms with Crippen molar-refractivity contribution in [1.29, 1.82) is 0 Å². The van der Waals surface area contributed by atoms with Gasteiger partial charge in [0.2, 0.25) is 0 Å². The van der Waals surface area contributed by atoms with Crippen LogP contribution in [0.15, 0.2) is 12.1 Å². The van der Waals surface area contributed by atoms with E-state index >= 15 is 0 Å². The molecule has 0 heterocycles. The van der Waals surface area contributed by atoms with E-state index in [9.17, 15) is 8.78 Å². The summed E-state index contributed by atoms with van der Waals surface area (Å²) < 4.78 is 32.2. The molecule has 0 spiro atoms. The lowest BCUT2D eigenvalue weighted by Gasteiger charge is -2.20. The van der Waals surface area contributed by atoms with Crippen LogP contribution < -0.4 is 15.4 Å². The molecule has 0 aliphatic rings. The van der Waals surface area contributed by atoms with E-state index in [-0.39, 0.29) is 17.8 Å². The van der Waals surface area contributed by atoms with E-state index in [4.69, 9.17) is 4.74 Å². The van der Waals surface area contributed by atoms with Gasteiger partial charge in [-0.3, -0.25) is 0 Å². The van der Waals surface area contributed by atoms with Gasteiger partial charge in [-0.15, -0.1) is 0 Å². The van der Waals surface area contributed by atoms with Crippen molar-refractivity contribution in [3.05, 3.63) is 29.3 Å². The molecule has 1 rings (SSSR count). The summed E-state index contributed by atoms with van der Waals surface area (Å²) in [5.74, 6) is -1.11. The van der Waals surface area contributed by atoms with Gasteiger partial charge in [-0.25, -0.2) is 8.78 Å². The predicted octanol–water partition coefficient (Wildman–Crippen LogP) is 2.23. The van der Waals surface area contributed by atoms with Gasteiger partial charge in [0.05, 0.1) is 7.11 Å². The Hall–Kier alpha value is -1.20. The Labute approximate surface area is 107 Å². The van der Waals surface area contributed by atoms with Crippen LogP contribution in [0.2, 0.25) is 0 Å². The number of rotatable bonds is 6. The molecule has 0 bridgehead atoms. The summed E-state index contributed by atoms with van der Waals surface area (Å²) in [7, 11) is 3.03. The Kier molecular flexibility index (Phi) is 5.50.